The van der Waals surface area contributed by atoms with E-state index in [1.54, 1.807) is 24.3 Å². The zero-order valence-electron chi connectivity index (χ0n) is 11.2. The van der Waals surface area contributed by atoms with Gasteiger partial charge in [0, 0.05) is 13.0 Å². The van der Waals surface area contributed by atoms with Crippen molar-refractivity contribution in [1.82, 2.24) is 4.90 Å². The van der Waals surface area contributed by atoms with Crippen LogP contribution in [0.1, 0.15) is 18.4 Å². The molecule has 108 valence electrons. The Bertz CT molecular complexity index is 530. The third-order valence-electron chi connectivity index (χ3n) is 3.75. The Kier molecular flexibility index (Phi) is 3.83. The molecule has 1 atom stereocenters. The number of amides is 1. The molecule has 1 fully saturated rings. The second-order valence-electron chi connectivity index (χ2n) is 4.90. The van der Waals surface area contributed by atoms with Gasteiger partial charge in [0.25, 0.3) is 0 Å². The van der Waals surface area contributed by atoms with Crippen LogP contribution >= 0.6 is 0 Å². The van der Waals surface area contributed by atoms with Gasteiger partial charge in [0.15, 0.2) is 0 Å². The first-order valence-corrected chi connectivity index (χ1v) is 6.36. The van der Waals surface area contributed by atoms with E-state index in [1.165, 1.54) is 7.11 Å². The summed E-state index contributed by atoms with van der Waals surface area (Å²) >= 11 is 0. The summed E-state index contributed by atoms with van der Waals surface area (Å²) in [6.45, 7) is 0.256. The van der Waals surface area contributed by atoms with Crippen LogP contribution in [0.2, 0.25) is 0 Å². The molecule has 0 bridgehead atoms. The Balaban J connectivity index is 2.34. The predicted octanol–water partition coefficient (Wildman–Crippen LogP) is 1.83. The Hall–Kier alpha value is -2.24. The minimum absolute atomic E-state index is 0.145. The van der Waals surface area contributed by atoms with Crippen LogP contribution in [-0.2, 0) is 11.2 Å². The molecule has 1 aromatic carbocycles. The van der Waals surface area contributed by atoms with Crippen molar-refractivity contribution in [2.75, 3.05) is 13.7 Å². The molecule has 0 aliphatic carbocycles. The molecule has 6 heteroatoms. The van der Waals surface area contributed by atoms with Gasteiger partial charge in [-0.2, -0.15) is 0 Å². The van der Waals surface area contributed by atoms with Gasteiger partial charge in [-0.1, -0.05) is 12.1 Å². The van der Waals surface area contributed by atoms with Crippen LogP contribution in [0.15, 0.2) is 24.3 Å². The molecule has 0 spiro atoms. The quantitative estimate of drug-likeness (QED) is 0.878. The lowest BCUT2D eigenvalue weighted by Gasteiger charge is -2.32. The number of rotatable bonds is 4. The number of hydrogen-bond acceptors (Lipinski definition) is 3. The molecule has 0 radical (unpaired) electrons. The molecule has 1 aliphatic rings. The maximum absolute atomic E-state index is 11.7. The highest BCUT2D eigenvalue weighted by molar-refractivity contribution is 5.85. The fourth-order valence-electron chi connectivity index (χ4n) is 2.76. The molecule has 2 rings (SSSR count). The first-order valence-electron chi connectivity index (χ1n) is 6.36. The van der Waals surface area contributed by atoms with E-state index in [-0.39, 0.29) is 13.0 Å². The molecular formula is C14H17NO5. The van der Waals surface area contributed by atoms with Crippen molar-refractivity contribution < 1.29 is 24.5 Å². The first kappa shape index (κ1) is 14.2. The topological polar surface area (TPSA) is 87.1 Å². The standard InChI is InChI=1S/C14H17NO5/c1-20-11-5-2-4-10(8-11)9-14(12(16)17)6-3-7-15(14)13(18)19/h2,4-5,8H,3,6-7,9H2,1H3,(H,16,17)(H,18,19). The zero-order valence-corrected chi connectivity index (χ0v) is 11.2. The minimum atomic E-state index is -1.38. The van der Waals surface area contributed by atoms with Crippen LogP contribution < -0.4 is 4.74 Å². The largest absolute Gasteiger partial charge is 0.497 e. The van der Waals surface area contributed by atoms with Gasteiger partial charge in [-0.15, -0.1) is 0 Å². The molecule has 1 aliphatic heterocycles. The molecule has 1 unspecified atom stereocenters. The molecule has 2 N–H and O–H groups in total. The molecule has 1 aromatic rings. The average Bonchev–Trinajstić information content (AvgIpc) is 2.84. The van der Waals surface area contributed by atoms with E-state index < -0.39 is 17.6 Å². The van der Waals surface area contributed by atoms with Gasteiger partial charge in [0.2, 0.25) is 0 Å². The maximum Gasteiger partial charge on any atom is 0.408 e. The highest BCUT2D eigenvalue weighted by Gasteiger charge is 2.50. The second kappa shape index (κ2) is 5.40. The van der Waals surface area contributed by atoms with Gasteiger partial charge in [0.05, 0.1) is 7.11 Å². The lowest BCUT2D eigenvalue weighted by molar-refractivity contribution is -0.148. The number of benzene rings is 1. The number of methoxy groups -OCH3 is 1. The van der Waals surface area contributed by atoms with Gasteiger partial charge in [-0.25, -0.2) is 9.59 Å². The Morgan fingerprint density at radius 3 is 2.75 bits per heavy atom. The number of ether oxygens (including phenoxy) is 1. The summed E-state index contributed by atoms with van der Waals surface area (Å²) in [5, 5.41) is 18.7. The summed E-state index contributed by atoms with van der Waals surface area (Å²) in [5.74, 6) is -0.469. The molecule has 1 amide bonds. The molecule has 1 heterocycles. The van der Waals surface area contributed by atoms with Crippen LogP contribution in [0.3, 0.4) is 0 Å². The number of carbonyl (C=O) groups is 2. The highest BCUT2D eigenvalue weighted by Crippen LogP contribution is 2.34. The van der Waals surface area contributed by atoms with Crippen molar-refractivity contribution in [1.29, 1.82) is 0 Å². The fourth-order valence-corrected chi connectivity index (χ4v) is 2.76. The van der Waals surface area contributed by atoms with E-state index in [0.29, 0.717) is 18.6 Å². The van der Waals surface area contributed by atoms with Crippen molar-refractivity contribution in [2.45, 2.75) is 24.8 Å². The summed E-state index contributed by atoms with van der Waals surface area (Å²) < 4.78 is 5.11. The lowest BCUT2D eigenvalue weighted by atomic mass is 9.88. The van der Waals surface area contributed by atoms with Crippen LogP contribution in [-0.4, -0.2) is 46.4 Å². The number of carboxylic acid groups (broad SMARTS) is 2. The molecular weight excluding hydrogens is 262 g/mol. The zero-order chi connectivity index (χ0) is 14.8. The molecule has 6 nitrogen and oxygen atoms in total. The van der Waals surface area contributed by atoms with E-state index in [1.807, 2.05) is 0 Å². The van der Waals surface area contributed by atoms with E-state index >= 15 is 0 Å². The van der Waals surface area contributed by atoms with E-state index in [9.17, 15) is 19.8 Å². The van der Waals surface area contributed by atoms with Crippen LogP contribution in [0, 0.1) is 0 Å². The minimum Gasteiger partial charge on any atom is -0.497 e. The smallest absolute Gasteiger partial charge is 0.408 e. The Labute approximate surface area is 116 Å². The normalized spacial score (nSPS) is 21.8. The number of hydrogen-bond donors (Lipinski definition) is 2. The van der Waals surface area contributed by atoms with Gasteiger partial charge < -0.3 is 14.9 Å². The van der Waals surface area contributed by atoms with Gasteiger partial charge in [0.1, 0.15) is 11.3 Å². The Morgan fingerprint density at radius 2 is 2.15 bits per heavy atom. The van der Waals surface area contributed by atoms with Gasteiger partial charge in [-0.3, -0.25) is 4.90 Å². The lowest BCUT2D eigenvalue weighted by Crippen LogP contribution is -2.54. The van der Waals surface area contributed by atoms with Crippen molar-refractivity contribution >= 4 is 12.1 Å². The van der Waals surface area contributed by atoms with E-state index in [2.05, 4.69) is 0 Å². The summed E-state index contributed by atoms with van der Waals surface area (Å²) in [7, 11) is 1.53. The van der Waals surface area contributed by atoms with E-state index in [0.717, 1.165) is 10.5 Å². The van der Waals surface area contributed by atoms with Gasteiger partial charge in [-0.05, 0) is 30.5 Å². The summed E-state index contributed by atoms with van der Waals surface area (Å²) in [6.07, 6.45) is -0.159. The van der Waals surface area contributed by atoms with Crippen molar-refractivity contribution in [3.8, 4) is 5.75 Å². The third-order valence-corrected chi connectivity index (χ3v) is 3.75. The monoisotopic (exact) mass is 279 g/mol. The number of aliphatic carboxylic acids is 1. The van der Waals surface area contributed by atoms with Crippen molar-refractivity contribution in [3.05, 3.63) is 29.8 Å². The molecule has 0 aromatic heterocycles. The molecule has 1 saturated heterocycles. The maximum atomic E-state index is 11.7. The fraction of sp³-hybridized carbons (Fsp3) is 0.429. The highest BCUT2D eigenvalue weighted by atomic mass is 16.5. The van der Waals surface area contributed by atoms with Crippen molar-refractivity contribution in [2.24, 2.45) is 0 Å². The summed E-state index contributed by atoms with van der Waals surface area (Å²) in [4.78, 5) is 24.0. The third kappa shape index (κ3) is 2.41. The van der Waals surface area contributed by atoms with Crippen LogP contribution in [0.25, 0.3) is 0 Å². The van der Waals surface area contributed by atoms with Crippen LogP contribution in [0.5, 0.6) is 5.75 Å². The number of likely N-dealkylation sites (tertiary alicyclic amines) is 1. The summed E-state index contributed by atoms with van der Waals surface area (Å²) in [5.41, 5.74) is -0.627. The number of nitrogens with zero attached hydrogens (tertiary/aromatic N) is 1. The molecule has 0 saturated carbocycles. The van der Waals surface area contributed by atoms with E-state index in [4.69, 9.17) is 4.74 Å². The number of carboxylic acids is 1. The van der Waals surface area contributed by atoms with Crippen molar-refractivity contribution in [3.63, 3.8) is 0 Å². The second-order valence-corrected chi connectivity index (χ2v) is 4.90. The molecule has 20 heavy (non-hydrogen) atoms. The van der Waals surface area contributed by atoms with Crippen LogP contribution in [0.4, 0.5) is 4.79 Å². The van der Waals surface area contributed by atoms with Gasteiger partial charge >= 0.3 is 12.1 Å². The average molecular weight is 279 g/mol. The summed E-state index contributed by atoms with van der Waals surface area (Å²) in [6, 6.07) is 7.05. The Morgan fingerprint density at radius 1 is 1.40 bits per heavy atom. The SMILES string of the molecule is COc1cccc(CC2(C(=O)O)CCCN2C(=O)O)c1. The first-order chi connectivity index (χ1) is 9.49. The predicted molar refractivity (Wildman–Crippen MR) is 71.0 cm³/mol.